The van der Waals surface area contributed by atoms with Gasteiger partial charge >= 0.3 is 5.97 Å². The summed E-state index contributed by atoms with van der Waals surface area (Å²) in [5.41, 5.74) is 0.528. The minimum Gasteiger partial charge on any atom is -0.477 e. The minimum atomic E-state index is -1.12. The predicted octanol–water partition coefficient (Wildman–Crippen LogP) is 1.82. The maximum atomic E-state index is 11.1. The summed E-state index contributed by atoms with van der Waals surface area (Å²) in [5.74, 6) is -0.543. The van der Waals surface area contributed by atoms with Crippen LogP contribution in [0.4, 0.5) is 11.5 Å². The maximum absolute atomic E-state index is 11.1. The van der Waals surface area contributed by atoms with Gasteiger partial charge in [-0.3, -0.25) is 10.1 Å². The zero-order valence-electron chi connectivity index (χ0n) is 11.3. The van der Waals surface area contributed by atoms with E-state index in [1.807, 2.05) is 0 Å². The van der Waals surface area contributed by atoms with E-state index in [1.165, 1.54) is 30.5 Å². The molecule has 0 spiro atoms. The molecule has 8 nitrogen and oxygen atoms in total. The lowest BCUT2D eigenvalue weighted by Gasteiger charge is -2.14. The second-order valence-corrected chi connectivity index (χ2v) is 4.43. The van der Waals surface area contributed by atoms with Crippen LogP contribution in [-0.2, 0) is 0 Å². The third-order valence-electron chi connectivity index (χ3n) is 2.76. The fraction of sp³-hybridized carbons (Fsp3) is 0.154. The zero-order chi connectivity index (χ0) is 15.6. The predicted molar refractivity (Wildman–Crippen MR) is 75.4 cm³/mol. The van der Waals surface area contributed by atoms with E-state index in [1.54, 1.807) is 19.0 Å². The highest BCUT2D eigenvalue weighted by molar-refractivity contribution is 5.93. The number of hydrogen-bond acceptors (Lipinski definition) is 6. The number of nitro benzene ring substituents is 1. The molecule has 2 aromatic rings. The molecular formula is C13H12N4O4. The number of aromatic nitrogens is 2. The molecule has 0 aliphatic rings. The number of carboxylic acids is 1. The van der Waals surface area contributed by atoms with Crippen molar-refractivity contribution < 1.29 is 14.8 Å². The van der Waals surface area contributed by atoms with Crippen LogP contribution in [0, 0.1) is 10.1 Å². The fourth-order valence-electron chi connectivity index (χ4n) is 1.74. The molecule has 0 saturated heterocycles. The molecule has 1 aromatic heterocycles. The average Bonchev–Trinajstić information content (AvgIpc) is 2.46. The minimum absolute atomic E-state index is 0.00865. The number of rotatable bonds is 4. The van der Waals surface area contributed by atoms with Gasteiger partial charge in [-0.25, -0.2) is 14.8 Å². The van der Waals surface area contributed by atoms with Crippen molar-refractivity contribution in [2.24, 2.45) is 0 Å². The molecule has 0 aliphatic carbocycles. The summed E-state index contributed by atoms with van der Waals surface area (Å²) >= 11 is 0. The quantitative estimate of drug-likeness (QED) is 0.674. The van der Waals surface area contributed by atoms with Crippen LogP contribution >= 0.6 is 0 Å². The molecule has 0 radical (unpaired) electrons. The van der Waals surface area contributed by atoms with Gasteiger partial charge in [0.1, 0.15) is 11.4 Å². The molecule has 0 unspecified atom stereocenters. The smallest absolute Gasteiger partial charge is 0.341 e. The van der Waals surface area contributed by atoms with Crippen molar-refractivity contribution >= 4 is 17.5 Å². The molecule has 0 bridgehead atoms. The van der Waals surface area contributed by atoms with Crippen LogP contribution in [0.25, 0.3) is 11.4 Å². The van der Waals surface area contributed by atoms with E-state index >= 15 is 0 Å². The van der Waals surface area contributed by atoms with Gasteiger partial charge in [0.05, 0.1) is 4.92 Å². The van der Waals surface area contributed by atoms with Gasteiger partial charge in [0, 0.05) is 38.0 Å². The van der Waals surface area contributed by atoms with Crippen LogP contribution in [0.1, 0.15) is 10.4 Å². The monoisotopic (exact) mass is 288 g/mol. The van der Waals surface area contributed by atoms with Crippen molar-refractivity contribution in [1.82, 2.24) is 9.97 Å². The number of anilines is 1. The number of non-ortho nitro benzene ring substituents is 1. The highest BCUT2D eigenvalue weighted by atomic mass is 16.6. The number of hydrogen-bond donors (Lipinski definition) is 1. The Morgan fingerprint density at radius 3 is 2.38 bits per heavy atom. The molecule has 0 fully saturated rings. The molecule has 0 atom stereocenters. The molecule has 0 amide bonds. The summed E-state index contributed by atoms with van der Waals surface area (Å²) in [6.07, 6.45) is 1.22. The van der Waals surface area contributed by atoms with Gasteiger partial charge < -0.3 is 10.0 Å². The number of carbonyl (C=O) groups is 1. The Bertz CT molecular complexity index is 698. The summed E-state index contributed by atoms with van der Waals surface area (Å²) in [5, 5.41) is 19.7. The van der Waals surface area contributed by atoms with Gasteiger partial charge in [0.15, 0.2) is 5.82 Å². The Balaban J connectivity index is 2.47. The van der Waals surface area contributed by atoms with E-state index in [0.717, 1.165) is 0 Å². The molecule has 0 aliphatic heterocycles. The first-order valence-electron chi connectivity index (χ1n) is 5.92. The van der Waals surface area contributed by atoms with Gasteiger partial charge in [-0.2, -0.15) is 0 Å². The normalized spacial score (nSPS) is 10.2. The number of nitro groups is 1. The summed E-state index contributed by atoms with van der Waals surface area (Å²) in [6, 6.07) is 5.74. The topological polar surface area (TPSA) is 109 Å². The highest BCUT2D eigenvalue weighted by Crippen LogP contribution is 2.23. The highest BCUT2D eigenvalue weighted by Gasteiger charge is 2.16. The van der Waals surface area contributed by atoms with E-state index in [4.69, 9.17) is 5.11 Å². The molecule has 1 heterocycles. The van der Waals surface area contributed by atoms with Crippen LogP contribution in [0.15, 0.2) is 30.5 Å². The fourth-order valence-corrected chi connectivity index (χ4v) is 1.74. The van der Waals surface area contributed by atoms with Crippen molar-refractivity contribution in [2.75, 3.05) is 19.0 Å². The van der Waals surface area contributed by atoms with Crippen molar-refractivity contribution in [3.63, 3.8) is 0 Å². The Morgan fingerprint density at radius 1 is 1.29 bits per heavy atom. The van der Waals surface area contributed by atoms with E-state index in [0.29, 0.717) is 11.4 Å². The van der Waals surface area contributed by atoms with E-state index in [2.05, 4.69) is 9.97 Å². The van der Waals surface area contributed by atoms with Crippen LogP contribution in [0.5, 0.6) is 0 Å². The number of benzene rings is 1. The van der Waals surface area contributed by atoms with Gasteiger partial charge in [0.25, 0.3) is 5.69 Å². The standard InChI is InChI=1S/C13H12N4O4/c1-16(2)12-10(13(18)19)7-14-11(15-12)8-3-5-9(6-4-8)17(20)21/h3-7H,1-2H3,(H,18,19). The van der Waals surface area contributed by atoms with Crippen molar-refractivity contribution in [3.05, 3.63) is 46.1 Å². The second kappa shape index (κ2) is 5.53. The van der Waals surface area contributed by atoms with E-state index in [-0.39, 0.29) is 17.1 Å². The summed E-state index contributed by atoms with van der Waals surface area (Å²) in [6.45, 7) is 0. The molecule has 0 saturated carbocycles. The molecule has 1 N–H and O–H groups in total. The first kappa shape index (κ1) is 14.4. The van der Waals surface area contributed by atoms with Gasteiger partial charge in [-0.1, -0.05) is 0 Å². The van der Waals surface area contributed by atoms with E-state index < -0.39 is 10.9 Å². The first-order valence-corrected chi connectivity index (χ1v) is 5.92. The summed E-state index contributed by atoms with van der Waals surface area (Å²) in [4.78, 5) is 31.0. The Kier molecular flexibility index (Phi) is 3.79. The van der Waals surface area contributed by atoms with Crippen LogP contribution < -0.4 is 4.90 Å². The lowest BCUT2D eigenvalue weighted by molar-refractivity contribution is -0.384. The molecular weight excluding hydrogens is 276 g/mol. The second-order valence-electron chi connectivity index (χ2n) is 4.43. The van der Waals surface area contributed by atoms with Gasteiger partial charge in [-0.05, 0) is 12.1 Å². The number of nitrogens with zero attached hydrogens (tertiary/aromatic N) is 4. The maximum Gasteiger partial charge on any atom is 0.341 e. The number of aromatic carboxylic acids is 1. The number of carboxylic acid groups (broad SMARTS) is 1. The summed E-state index contributed by atoms with van der Waals surface area (Å²) < 4.78 is 0. The first-order chi connectivity index (χ1) is 9.90. The largest absolute Gasteiger partial charge is 0.477 e. The van der Waals surface area contributed by atoms with Crippen molar-refractivity contribution in [3.8, 4) is 11.4 Å². The van der Waals surface area contributed by atoms with Crippen LogP contribution in [0.3, 0.4) is 0 Å². The Morgan fingerprint density at radius 2 is 1.90 bits per heavy atom. The van der Waals surface area contributed by atoms with Crippen molar-refractivity contribution in [1.29, 1.82) is 0 Å². The van der Waals surface area contributed by atoms with Crippen LogP contribution in [0.2, 0.25) is 0 Å². The molecule has 8 heteroatoms. The zero-order valence-corrected chi connectivity index (χ0v) is 11.3. The third kappa shape index (κ3) is 2.94. The molecule has 1 aromatic carbocycles. The Hall–Kier alpha value is -3.03. The van der Waals surface area contributed by atoms with Gasteiger partial charge in [0.2, 0.25) is 0 Å². The molecule has 108 valence electrons. The molecule has 21 heavy (non-hydrogen) atoms. The Labute approximate surface area is 119 Å². The third-order valence-corrected chi connectivity index (χ3v) is 2.76. The van der Waals surface area contributed by atoms with Crippen molar-refractivity contribution in [2.45, 2.75) is 0 Å². The molecule has 2 rings (SSSR count). The lowest BCUT2D eigenvalue weighted by Crippen LogP contribution is -2.16. The van der Waals surface area contributed by atoms with Crippen LogP contribution in [-0.4, -0.2) is 40.1 Å². The summed E-state index contributed by atoms with van der Waals surface area (Å²) in [7, 11) is 3.35. The average molecular weight is 288 g/mol. The SMILES string of the molecule is CN(C)c1nc(-c2ccc([N+](=O)[O-])cc2)ncc1C(=O)O. The van der Waals surface area contributed by atoms with E-state index in [9.17, 15) is 14.9 Å². The van der Waals surface area contributed by atoms with Gasteiger partial charge in [-0.15, -0.1) is 0 Å². The lowest BCUT2D eigenvalue weighted by atomic mass is 10.2.